The maximum absolute atomic E-state index is 12.4. The Morgan fingerprint density at radius 2 is 2.43 bits per heavy atom. The van der Waals surface area contributed by atoms with Crippen LogP contribution in [0.4, 0.5) is 0 Å². The van der Waals surface area contributed by atoms with E-state index in [1.165, 1.54) is 10.4 Å². The van der Waals surface area contributed by atoms with Crippen molar-refractivity contribution in [1.82, 2.24) is 10.3 Å². The number of thioether (sulfide) groups is 1. The Kier molecular flexibility index (Phi) is 4.45. The van der Waals surface area contributed by atoms with Gasteiger partial charge in [0.25, 0.3) is 0 Å². The molecule has 1 aliphatic rings. The second kappa shape index (κ2) is 6.49. The fraction of sp³-hybridized carbons (Fsp3) is 0.333. The molecule has 3 heterocycles. The number of carbonyl (C=O) groups excluding carboxylic acids is 1. The number of nitrogens with zero attached hydrogens (tertiary/aromatic N) is 1. The second-order valence-corrected chi connectivity index (χ2v) is 6.94. The number of hydrogen-bond acceptors (Lipinski definition) is 5. The van der Waals surface area contributed by atoms with E-state index in [1.54, 1.807) is 36.4 Å². The number of hydrogen-bond donors (Lipinski definition) is 1. The molecule has 0 saturated carbocycles. The molecule has 2 aromatic heterocycles. The lowest BCUT2D eigenvalue weighted by molar-refractivity contribution is -0.120. The van der Waals surface area contributed by atoms with Gasteiger partial charge in [-0.15, -0.1) is 23.1 Å². The predicted octanol–water partition coefficient (Wildman–Crippen LogP) is 2.80. The van der Waals surface area contributed by atoms with Crippen molar-refractivity contribution in [3.05, 3.63) is 45.8 Å². The van der Waals surface area contributed by atoms with Gasteiger partial charge in [-0.1, -0.05) is 0 Å². The summed E-state index contributed by atoms with van der Waals surface area (Å²) in [5.74, 6) is 1.65. The summed E-state index contributed by atoms with van der Waals surface area (Å²) in [4.78, 5) is 17.8. The molecule has 1 N–H and O–H groups in total. The molecule has 1 atom stereocenters. The van der Waals surface area contributed by atoms with Crippen molar-refractivity contribution in [1.29, 1.82) is 0 Å². The Morgan fingerprint density at radius 1 is 1.52 bits per heavy atom. The third-order valence-electron chi connectivity index (χ3n) is 3.39. The van der Waals surface area contributed by atoms with Crippen LogP contribution in [-0.4, -0.2) is 23.8 Å². The van der Waals surface area contributed by atoms with E-state index in [0.29, 0.717) is 12.4 Å². The lowest BCUT2D eigenvalue weighted by atomic mass is 10.1. The van der Waals surface area contributed by atoms with Gasteiger partial charge in [-0.05, 0) is 40.8 Å². The van der Waals surface area contributed by atoms with Gasteiger partial charge in [0, 0.05) is 23.7 Å². The van der Waals surface area contributed by atoms with E-state index in [0.717, 1.165) is 17.7 Å². The molecule has 3 rings (SSSR count). The van der Waals surface area contributed by atoms with Crippen molar-refractivity contribution < 1.29 is 9.53 Å². The van der Waals surface area contributed by atoms with E-state index in [2.05, 4.69) is 21.7 Å². The molecule has 4 nitrogen and oxygen atoms in total. The molecule has 0 fully saturated rings. The van der Waals surface area contributed by atoms with Gasteiger partial charge in [-0.3, -0.25) is 4.79 Å². The van der Waals surface area contributed by atoms with Crippen LogP contribution >= 0.6 is 23.1 Å². The molecule has 110 valence electrons. The van der Waals surface area contributed by atoms with Crippen molar-refractivity contribution in [3.63, 3.8) is 0 Å². The Morgan fingerprint density at radius 3 is 3.29 bits per heavy atom. The van der Waals surface area contributed by atoms with Gasteiger partial charge in [0.05, 0.1) is 7.11 Å². The van der Waals surface area contributed by atoms with Crippen LogP contribution in [0.25, 0.3) is 0 Å². The van der Waals surface area contributed by atoms with Crippen molar-refractivity contribution in [3.8, 4) is 5.88 Å². The van der Waals surface area contributed by atoms with Crippen LogP contribution < -0.4 is 10.1 Å². The van der Waals surface area contributed by atoms with E-state index in [4.69, 9.17) is 4.74 Å². The molecule has 0 aromatic carbocycles. The highest BCUT2D eigenvalue weighted by atomic mass is 32.2. The maximum atomic E-state index is 12.4. The van der Waals surface area contributed by atoms with Crippen LogP contribution in [0, 0.1) is 0 Å². The number of aromatic nitrogens is 1. The Labute approximate surface area is 131 Å². The standard InChI is InChI=1S/C15H16N2O2S2/c1-19-13-8-10(2-5-16-13)9-17-15(18)14-11-3-6-20-12(11)4-7-21-14/h2-3,5-6,8,14H,4,7,9H2,1H3,(H,17,18)/t14-/m1/s1. The van der Waals surface area contributed by atoms with Gasteiger partial charge in [0.15, 0.2) is 0 Å². The van der Waals surface area contributed by atoms with Crippen molar-refractivity contribution in [2.45, 2.75) is 18.2 Å². The van der Waals surface area contributed by atoms with E-state index >= 15 is 0 Å². The van der Waals surface area contributed by atoms with Crippen molar-refractivity contribution in [2.75, 3.05) is 12.9 Å². The molecule has 0 unspecified atom stereocenters. The molecular formula is C15H16N2O2S2. The number of carbonyl (C=O) groups is 1. The summed E-state index contributed by atoms with van der Waals surface area (Å²) in [6, 6.07) is 5.79. The number of pyridine rings is 1. The average molecular weight is 320 g/mol. The number of rotatable bonds is 4. The highest BCUT2D eigenvalue weighted by Crippen LogP contribution is 2.39. The number of nitrogens with one attached hydrogen (secondary N) is 1. The molecule has 21 heavy (non-hydrogen) atoms. The third-order valence-corrected chi connectivity index (χ3v) is 5.63. The highest BCUT2D eigenvalue weighted by molar-refractivity contribution is 8.00. The number of fused-ring (bicyclic) bond motifs is 1. The monoisotopic (exact) mass is 320 g/mol. The van der Waals surface area contributed by atoms with Gasteiger partial charge in [0.2, 0.25) is 11.8 Å². The molecule has 1 aliphatic heterocycles. The molecule has 0 saturated heterocycles. The fourth-order valence-electron chi connectivity index (χ4n) is 2.32. The summed E-state index contributed by atoms with van der Waals surface area (Å²) >= 11 is 3.47. The largest absolute Gasteiger partial charge is 0.481 e. The number of ether oxygens (including phenoxy) is 1. The summed E-state index contributed by atoms with van der Waals surface area (Å²) in [5.41, 5.74) is 2.17. The molecule has 0 spiro atoms. The van der Waals surface area contributed by atoms with E-state index < -0.39 is 0 Å². The first-order valence-corrected chi connectivity index (χ1v) is 8.65. The van der Waals surface area contributed by atoms with Crippen molar-refractivity contribution >= 4 is 29.0 Å². The minimum absolute atomic E-state index is 0.0788. The fourth-order valence-corrected chi connectivity index (χ4v) is 4.63. The zero-order valence-electron chi connectivity index (χ0n) is 11.7. The maximum Gasteiger partial charge on any atom is 0.237 e. The number of amides is 1. The minimum atomic E-state index is -0.0799. The Hall–Kier alpha value is -1.53. The number of thiophene rings is 1. The van der Waals surface area contributed by atoms with Crippen LogP contribution in [-0.2, 0) is 17.8 Å². The minimum Gasteiger partial charge on any atom is -0.481 e. The van der Waals surface area contributed by atoms with E-state index in [9.17, 15) is 4.79 Å². The molecular weight excluding hydrogens is 304 g/mol. The van der Waals surface area contributed by atoms with E-state index in [-0.39, 0.29) is 11.2 Å². The van der Waals surface area contributed by atoms with Crippen LogP contribution in [0.3, 0.4) is 0 Å². The highest BCUT2D eigenvalue weighted by Gasteiger charge is 2.27. The van der Waals surface area contributed by atoms with Gasteiger partial charge in [-0.2, -0.15) is 0 Å². The summed E-state index contributed by atoms with van der Waals surface area (Å²) < 4.78 is 5.09. The van der Waals surface area contributed by atoms with Crippen LogP contribution in [0.2, 0.25) is 0 Å². The molecule has 0 radical (unpaired) electrons. The summed E-state index contributed by atoms with van der Waals surface area (Å²) in [7, 11) is 1.58. The summed E-state index contributed by atoms with van der Waals surface area (Å²) in [6.45, 7) is 0.494. The van der Waals surface area contributed by atoms with Crippen molar-refractivity contribution in [2.24, 2.45) is 0 Å². The van der Waals surface area contributed by atoms with E-state index in [1.807, 2.05) is 12.1 Å². The topological polar surface area (TPSA) is 51.2 Å². The Bertz CT molecular complexity index is 642. The molecule has 6 heteroatoms. The molecule has 2 aromatic rings. The Balaban J connectivity index is 1.65. The number of methoxy groups -OCH3 is 1. The molecule has 0 bridgehead atoms. The van der Waals surface area contributed by atoms with Crippen LogP contribution in [0.5, 0.6) is 5.88 Å². The second-order valence-electron chi connectivity index (χ2n) is 4.72. The normalized spacial score (nSPS) is 17.1. The summed E-state index contributed by atoms with van der Waals surface area (Å²) in [5, 5.41) is 5.01. The third kappa shape index (κ3) is 3.22. The first-order chi connectivity index (χ1) is 10.3. The first-order valence-electron chi connectivity index (χ1n) is 6.72. The molecule has 0 aliphatic carbocycles. The predicted molar refractivity (Wildman–Crippen MR) is 85.9 cm³/mol. The zero-order chi connectivity index (χ0) is 14.7. The van der Waals surface area contributed by atoms with Gasteiger partial charge < -0.3 is 10.1 Å². The summed E-state index contributed by atoms with van der Waals surface area (Å²) in [6.07, 6.45) is 2.76. The van der Waals surface area contributed by atoms with Crippen LogP contribution in [0.15, 0.2) is 29.8 Å². The zero-order valence-corrected chi connectivity index (χ0v) is 13.3. The lowest BCUT2D eigenvalue weighted by Gasteiger charge is -2.21. The smallest absolute Gasteiger partial charge is 0.237 e. The quantitative estimate of drug-likeness (QED) is 0.941. The van der Waals surface area contributed by atoms with Gasteiger partial charge in [0.1, 0.15) is 5.25 Å². The van der Waals surface area contributed by atoms with Gasteiger partial charge in [-0.25, -0.2) is 4.98 Å². The SMILES string of the molecule is COc1cc(CNC(=O)[C@@H]2SCCc3sccc32)ccn1. The average Bonchev–Trinajstić information content (AvgIpc) is 3.01. The number of aryl methyl sites for hydroxylation is 1. The van der Waals surface area contributed by atoms with Gasteiger partial charge >= 0.3 is 0 Å². The first kappa shape index (κ1) is 14.4. The lowest BCUT2D eigenvalue weighted by Crippen LogP contribution is -2.29. The molecule has 1 amide bonds. The van der Waals surface area contributed by atoms with Crippen LogP contribution in [0.1, 0.15) is 21.3 Å².